The average Bonchev–Trinajstić information content (AvgIpc) is 2.19. The SMILES string of the molecule is Cl.Cl.NCc1ccc(Cl)c2cccnc12. The normalized spacial score (nSPS) is 9.20. The molecule has 1 aromatic carbocycles. The van der Waals surface area contributed by atoms with E-state index >= 15 is 0 Å². The first-order valence-corrected chi connectivity index (χ1v) is 4.43. The molecule has 0 saturated heterocycles. The Hall–Kier alpha value is -0.540. The van der Waals surface area contributed by atoms with Gasteiger partial charge in [0.1, 0.15) is 0 Å². The second-order valence-electron chi connectivity index (χ2n) is 2.81. The van der Waals surface area contributed by atoms with E-state index in [1.165, 1.54) is 0 Å². The lowest BCUT2D eigenvalue weighted by Gasteiger charge is -2.03. The number of aromatic nitrogens is 1. The third-order valence-electron chi connectivity index (χ3n) is 2.02. The molecule has 0 amide bonds. The number of hydrogen-bond acceptors (Lipinski definition) is 2. The van der Waals surface area contributed by atoms with Gasteiger partial charge < -0.3 is 5.73 Å². The second-order valence-corrected chi connectivity index (χ2v) is 3.22. The number of hydrogen-bond donors (Lipinski definition) is 1. The van der Waals surface area contributed by atoms with Crippen molar-refractivity contribution in [2.75, 3.05) is 0 Å². The maximum absolute atomic E-state index is 6.01. The van der Waals surface area contributed by atoms with E-state index in [0.717, 1.165) is 21.5 Å². The summed E-state index contributed by atoms with van der Waals surface area (Å²) in [7, 11) is 0. The summed E-state index contributed by atoms with van der Waals surface area (Å²) in [5.74, 6) is 0. The van der Waals surface area contributed by atoms with Crippen LogP contribution in [0.1, 0.15) is 5.56 Å². The Morgan fingerprint density at radius 2 is 1.93 bits per heavy atom. The largest absolute Gasteiger partial charge is 0.326 e. The quantitative estimate of drug-likeness (QED) is 0.860. The van der Waals surface area contributed by atoms with Crippen LogP contribution in [0.4, 0.5) is 0 Å². The van der Waals surface area contributed by atoms with Gasteiger partial charge in [0.15, 0.2) is 0 Å². The van der Waals surface area contributed by atoms with E-state index in [2.05, 4.69) is 4.98 Å². The molecule has 0 spiro atoms. The fourth-order valence-corrected chi connectivity index (χ4v) is 1.58. The minimum Gasteiger partial charge on any atom is -0.326 e. The maximum Gasteiger partial charge on any atom is 0.0761 e. The topological polar surface area (TPSA) is 38.9 Å². The highest BCUT2D eigenvalue weighted by Crippen LogP contribution is 2.24. The Morgan fingerprint density at radius 3 is 2.60 bits per heavy atom. The molecule has 0 bridgehead atoms. The Labute approximate surface area is 106 Å². The molecule has 0 aliphatic carbocycles. The highest BCUT2D eigenvalue weighted by Gasteiger charge is 2.02. The van der Waals surface area contributed by atoms with Crippen LogP contribution in [-0.2, 0) is 6.54 Å². The maximum atomic E-state index is 6.01. The summed E-state index contributed by atoms with van der Waals surface area (Å²) in [4.78, 5) is 4.25. The standard InChI is InChI=1S/C10H9ClN2.2ClH/c11-9-4-3-7(6-12)10-8(9)2-1-5-13-10;;/h1-5H,6,12H2;2*1H. The summed E-state index contributed by atoms with van der Waals surface area (Å²) in [5.41, 5.74) is 7.51. The number of benzene rings is 1. The molecule has 1 aromatic heterocycles. The van der Waals surface area contributed by atoms with Crippen molar-refractivity contribution in [1.29, 1.82) is 0 Å². The first-order chi connectivity index (χ1) is 6.33. The molecule has 0 fully saturated rings. The van der Waals surface area contributed by atoms with Gasteiger partial charge in [-0.25, -0.2) is 0 Å². The molecule has 1 heterocycles. The Balaban J connectivity index is 0.000000980. The van der Waals surface area contributed by atoms with Crippen LogP contribution in [-0.4, -0.2) is 4.98 Å². The number of rotatable bonds is 1. The lowest BCUT2D eigenvalue weighted by atomic mass is 10.1. The van der Waals surface area contributed by atoms with Crippen molar-refractivity contribution in [2.45, 2.75) is 6.54 Å². The van der Waals surface area contributed by atoms with Gasteiger partial charge in [0.05, 0.1) is 5.52 Å². The van der Waals surface area contributed by atoms with Crippen LogP contribution in [0.15, 0.2) is 30.5 Å². The van der Waals surface area contributed by atoms with Gasteiger partial charge >= 0.3 is 0 Å². The van der Waals surface area contributed by atoms with Crippen LogP contribution in [0.2, 0.25) is 5.02 Å². The van der Waals surface area contributed by atoms with Gasteiger partial charge in [-0.2, -0.15) is 0 Å². The highest BCUT2D eigenvalue weighted by atomic mass is 35.5. The van der Waals surface area contributed by atoms with Crippen molar-refractivity contribution in [3.8, 4) is 0 Å². The summed E-state index contributed by atoms with van der Waals surface area (Å²) in [6, 6.07) is 7.59. The molecular formula is C10H11Cl3N2. The van der Waals surface area contributed by atoms with Crippen LogP contribution >= 0.6 is 36.4 Å². The molecule has 0 aliphatic heterocycles. The van der Waals surface area contributed by atoms with Crippen LogP contribution in [0.3, 0.4) is 0 Å². The average molecular weight is 266 g/mol. The van der Waals surface area contributed by atoms with E-state index in [0.29, 0.717) is 6.54 Å². The van der Waals surface area contributed by atoms with Crippen LogP contribution in [0.5, 0.6) is 0 Å². The zero-order chi connectivity index (χ0) is 9.26. The summed E-state index contributed by atoms with van der Waals surface area (Å²) >= 11 is 6.01. The first kappa shape index (κ1) is 14.5. The monoisotopic (exact) mass is 264 g/mol. The van der Waals surface area contributed by atoms with Gasteiger partial charge in [-0.15, -0.1) is 24.8 Å². The Morgan fingerprint density at radius 1 is 1.20 bits per heavy atom. The molecule has 0 aliphatic rings. The number of nitrogens with two attached hydrogens (primary N) is 1. The third kappa shape index (κ3) is 2.73. The van der Waals surface area contributed by atoms with E-state index in [9.17, 15) is 0 Å². The lowest BCUT2D eigenvalue weighted by molar-refractivity contribution is 1.08. The number of pyridine rings is 1. The van der Waals surface area contributed by atoms with Crippen molar-refractivity contribution in [3.05, 3.63) is 41.0 Å². The Bertz CT molecular complexity index is 446. The van der Waals surface area contributed by atoms with Gasteiger partial charge in [0.2, 0.25) is 0 Å². The summed E-state index contributed by atoms with van der Waals surface area (Å²) < 4.78 is 0. The van der Waals surface area contributed by atoms with E-state index in [-0.39, 0.29) is 24.8 Å². The summed E-state index contributed by atoms with van der Waals surface area (Å²) in [5, 5.41) is 1.69. The molecular weight excluding hydrogens is 254 g/mol. The smallest absolute Gasteiger partial charge is 0.0761 e. The lowest BCUT2D eigenvalue weighted by Crippen LogP contribution is -1.98. The number of fused-ring (bicyclic) bond motifs is 1. The third-order valence-corrected chi connectivity index (χ3v) is 2.35. The predicted molar refractivity (Wildman–Crippen MR) is 69.1 cm³/mol. The molecule has 15 heavy (non-hydrogen) atoms. The molecule has 2 nitrogen and oxygen atoms in total. The van der Waals surface area contributed by atoms with E-state index < -0.39 is 0 Å². The van der Waals surface area contributed by atoms with E-state index in [1.807, 2.05) is 24.3 Å². The van der Waals surface area contributed by atoms with Gasteiger partial charge in [-0.05, 0) is 23.8 Å². The van der Waals surface area contributed by atoms with Gasteiger partial charge in [-0.3, -0.25) is 4.98 Å². The number of nitrogens with zero attached hydrogens (tertiary/aromatic N) is 1. The van der Waals surface area contributed by atoms with E-state index in [1.54, 1.807) is 6.20 Å². The highest BCUT2D eigenvalue weighted by molar-refractivity contribution is 6.35. The molecule has 82 valence electrons. The molecule has 0 radical (unpaired) electrons. The Kier molecular flexibility index (Phi) is 5.91. The fourth-order valence-electron chi connectivity index (χ4n) is 1.36. The van der Waals surface area contributed by atoms with Crippen molar-refractivity contribution in [1.82, 2.24) is 4.98 Å². The molecule has 0 saturated carbocycles. The fraction of sp³-hybridized carbons (Fsp3) is 0.100. The predicted octanol–water partition coefficient (Wildman–Crippen LogP) is 3.19. The van der Waals surface area contributed by atoms with E-state index in [4.69, 9.17) is 17.3 Å². The van der Waals surface area contributed by atoms with Crippen LogP contribution < -0.4 is 5.73 Å². The molecule has 2 N–H and O–H groups in total. The zero-order valence-electron chi connectivity index (χ0n) is 7.81. The van der Waals surface area contributed by atoms with Crippen LogP contribution in [0, 0.1) is 0 Å². The van der Waals surface area contributed by atoms with Crippen molar-refractivity contribution >= 4 is 47.3 Å². The molecule has 0 unspecified atom stereocenters. The summed E-state index contributed by atoms with van der Waals surface area (Å²) in [6.45, 7) is 0.491. The van der Waals surface area contributed by atoms with Crippen molar-refractivity contribution < 1.29 is 0 Å². The number of halogens is 3. The zero-order valence-corrected chi connectivity index (χ0v) is 10.2. The molecule has 2 aromatic rings. The van der Waals surface area contributed by atoms with Gasteiger partial charge in [-0.1, -0.05) is 17.7 Å². The van der Waals surface area contributed by atoms with Crippen LogP contribution in [0.25, 0.3) is 10.9 Å². The summed E-state index contributed by atoms with van der Waals surface area (Å²) in [6.07, 6.45) is 1.75. The molecule has 0 atom stereocenters. The first-order valence-electron chi connectivity index (χ1n) is 4.05. The minimum atomic E-state index is 0. The van der Waals surface area contributed by atoms with Gasteiger partial charge in [0.25, 0.3) is 0 Å². The van der Waals surface area contributed by atoms with Crippen molar-refractivity contribution in [3.63, 3.8) is 0 Å². The molecule has 5 heteroatoms. The van der Waals surface area contributed by atoms with Gasteiger partial charge in [0, 0.05) is 23.2 Å². The second kappa shape index (κ2) is 6.13. The van der Waals surface area contributed by atoms with Crippen molar-refractivity contribution in [2.24, 2.45) is 5.73 Å². The minimum absolute atomic E-state index is 0. The molecule has 2 rings (SSSR count).